The van der Waals surface area contributed by atoms with Gasteiger partial charge < -0.3 is 10.6 Å². The molecule has 1 aromatic carbocycles. The molecule has 0 saturated carbocycles. The molecule has 86 valence electrons. The molecule has 0 spiro atoms. The van der Waals surface area contributed by atoms with Crippen LogP contribution in [-0.4, -0.2) is 11.5 Å². The molecular formula is C13H12ClN3. The van der Waals surface area contributed by atoms with Crippen LogP contribution in [0.5, 0.6) is 0 Å². The number of aromatic nitrogens is 1. The molecule has 3 nitrogen and oxygen atoms in total. The van der Waals surface area contributed by atoms with Crippen molar-refractivity contribution in [3.63, 3.8) is 0 Å². The average Bonchev–Trinajstić information content (AvgIpc) is 2.76. The maximum absolute atomic E-state index is 5.96. The van der Waals surface area contributed by atoms with E-state index in [0.717, 1.165) is 18.8 Å². The van der Waals surface area contributed by atoms with E-state index in [9.17, 15) is 0 Å². The maximum Gasteiger partial charge on any atom is 0.158 e. The summed E-state index contributed by atoms with van der Waals surface area (Å²) in [5, 5.41) is 0.471. The molecule has 2 N–H and O–H groups in total. The van der Waals surface area contributed by atoms with Gasteiger partial charge in [-0.05, 0) is 30.2 Å². The van der Waals surface area contributed by atoms with Gasteiger partial charge in [0.15, 0.2) is 5.82 Å². The number of anilines is 3. The van der Waals surface area contributed by atoms with Gasteiger partial charge in [-0.3, -0.25) is 0 Å². The monoisotopic (exact) mass is 245 g/mol. The summed E-state index contributed by atoms with van der Waals surface area (Å²) in [4.78, 5) is 6.44. The summed E-state index contributed by atoms with van der Waals surface area (Å²) in [5.41, 5.74) is 9.12. The number of nitrogen functional groups attached to an aromatic ring is 1. The van der Waals surface area contributed by atoms with Crippen LogP contribution in [0.4, 0.5) is 17.2 Å². The molecule has 0 bridgehead atoms. The van der Waals surface area contributed by atoms with Gasteiger partial charge in [0.1, 0.15) is 5.15 Å². The quantitative estimate of drug-likeness (QED) is 0.786. The van der Waals surface area contributed by atoms with E-state index in [1.807, 2.05) is 6.07 Å². The van der Waals surface area contributed by atoms with Gasteiger partial charge in [0.05, 0.1) is 5.69 Å². The highest BCUT2D eigenvalue weighted by molar-refractivity contribution is 6.29. The molecule has 2 heterocycles. The second kappa shape index (κ2) is 3.93. The lowest BCUT2D eigenvalue weighted by atomic mass is 10.2. The molecule has 3 rings (SSSR count). The first-order valence-corrected chi connectivity index (χ1v) is 5.91. The zero-order valence-corrected chi connectivity index (χ0v) is 9.98. The van der Waals surface area contributed by atoms with Crippen molar-refractivity contribution in [1.82, 2.24) is 4.98 Å². The number of benzene rings is 1. The van der Waals surface area contributed by atoms with Crippen molar-refractivity contribution in [2.45, 2.75) is 6.42 Å². The smallest absolute Gasteiger partial charge is 0.158 e. The summed E-state index contributed by atoms with van der Waals surface area (Å²) < 4.78 is 0. The molecule has 0 aliphatic carbocycles. The summed E-state index contributed by atoms with van der Waals surface area (Å²) in [6.07, 6.45) is 1.02. The lowest BCUT2D eigenvalue weighted by Crippen LogP contribution is -2.16. The summed E-state index contributed by atoms with van der Waals surface area (Å²) in [6.45, 7) is 0.900. The van der Waals surface area contributed by atoms with Gasteiger partial charge in [-0.1, -0.05) is 29.8 Å². The second-order valence-corrected chi connectivity index (χ2v) is 4.46. The molecule has 17 heavy (non-hydrogen) atoms. The fourth-order valence-corrected chi connectivity index (χ4v) is 2.35. The van der Waals surface area contributed by atoms with E-state index in [-0.39, 0.29) is 0 Å². The van der Waals surface area contributed by atoms with Gasteiger partial charge in [0.2, 0.25) is 0 Å². The number of para-hydroxylation sites is 1. The van der Waals surface area contributed by atoms with Crippen LogP contribution < -0.4 is 10.6 Å². The van der Waals surface area contributed by atoms with Gasteiger partial charge in [0, 0.05) is 12.2 Å². The summed E-state index contributed by atoms with van der Waals surface area (Å²) in [5.74, 6) is 0.752. The Morgan fingerprint density at radius 1 is 1.18 bits per heavy atom. The van der Waals surface area contributed by atoms with Gasteiger partial charge in [-0.25, -0.2) is 4.98 Å². The van der Waals surface area contributed by atoms with Crippen molar-refractivity contribution >= 4 is 28.8 Å². The van der Waals surface area contributed by atoms with Crippen molar-refractivity contribution < 1.29 is 0 Å². The number of halogens is 1. The van der Waals surface area contributed by atoms with Gasteiger partial charge in [-0.2, -0.15) is 0 Å². The molecule has 1 aromatic heterocycles. The standard InChI is InChI=1S/C13H12ClN3/c14-12-6-5-10(15)13(16-12)17-8-7-9-3-1-2-4-11(9)17/h1-6H,7-8,15H2. The highest BCUT2D eigenvalue weighted by Gasteiger charge is 2.22. The topological polar surface area (TPSA) is 42.1 Å². The van der Waals surface area contributed by atoms with E-state index in [4.69, 9.17) is 17.3 Å². The molecule has 1 aliphatic rings. The molecule has 0 atom stereocenters. The van der Waals surface area contributed by atoms with E-state index in [0.29, 0.717) is 10.8 Å². The first-order chi connectivity index (χ1) is 8.25. The highest BCUT2D eigenvalue weighted by Crippen LogP contribution is 2.36. The van der Waals surface area contributed by atoms with Crippen molar-refractivity contribution in [3.05, 3.63) is 47.1 Å². The molecule has 2 aromatic rings. The largest absolute Gasteiger partial charge is 0.396 e. The molecule has 0 saturated heterocycles. The normalized spacial score (nSPS) is 13.8. The Morgan fingerprint density at radius 2 is 2.00 bits per heavy atom. The average molecular weight is 246 g/mol. The summed E-state index contributed by atoms with van der Waals surface area (Å²) in [6, 6.07) is 11.8. The van der Waals surface area contributed by atoms with Crippen molar-refractivity contribution in [2.75, 3.05) is 17.2 Å². The maximum atomic E-state index is 5.96. The minimum atomic E-state index is 0.471. The third-order valence-electron chi connectivity index (χ3n) is 3.01. The molecule has 4 heteroatoms. The van der Waals surface area contributed by atoms with Crippen LogP contribution in [0.3, 0.4) is 0 Å². The van der Waals surface area contributed by atoms with Gasteiger partial charge >= 0.3 is 0 Å². The minimum absolute atomic E-state index is 0.471. The first-order valence-electron chi connectivity index (χ1n) is 5.53. The van der Waals surface area contributed by atoms with Crippen molar-refractivity contribution in [2.24, 2.45) is 0 Å². The minimum Gasteiger partial charge on any atom is -0.396 e. The molecular weight excluding hydrogens is 234 g/mol. The number of nitrogens with zero attached hydrogens (tertiary/aromatic N) is 2. The second-order valence-electron chi connectivity index (χ2n) is 4.08. The van der Waals surface area contributed by atoms with Crippen LogP contribution in [0.15, 0.2) is 36.4 Å². The molecule has 0 amide bonds. The predicted octanol–water partition coefficient (Wildman–Crippen LogP) is 3.01. The van der Waals surface area contributed by atoms with E-state index in [1.165, 1.54) is 11.3 Å². The number of rotatable bonds is 1. The molecule has 1 aliphatic heterocycles. The number of hydrogen-bond acceptors (Lipinski definition) is 3. The van der Waals surface area contributed by atoms with Crippen molar-refractivity contribution in [1.29, 1.82) is 0 Å². The third-order valence-corrected chi connectivity index (χ3v) is 3.22. The third kappa shape index (κ3) is 1.72. The van der Waals surface area contributed by atoms with Crippen LogP contribution in [0.25, 0.3) is 0 Å². The predicted molar refractivity (Wildman–Crippen MR) is 70.8 cm³/mol. The van der Waals surface area contributed by atoms with Crippen LogP contribution in [0.2, 0.25) is 5.15 Å². The number of hydrogen-bond donors (Lipinski definition) is 1. The van der Waals surface area contributed by atoms with E-state index < -0.39 is 0 Å². The van der Waals surface area contributed by atoms with E-state index in [1.54, 1.807) is 12.1 Å². The zero-order chi connectivity index (χ0) is 11.8. The Morgan fingerprint density at radius 3 is 2.88 bits per heavy atom. The van der Waals surface area contributed by atoms with Crippen molar-refractivity contribution in [3.8, 4) is 0 Å². The van der Waals surface area contributed by atoms with E-state index in [2.05, 4.69) is 28.1 Å². The number of nitrogens with two attached hydrogens (primary N) is 1. The zero-order valence-electron chi connectivity index (χ0n) is 9.23. The SMILES string of the molecule is Nc1ccc(Cl)nc1N1CCc2ccccc21. The number of fused-ring (bicyclic) bond motifs is 1. The lowest BCUT2D eigenvalue weighted by Gasteiger charge is -2.20. The summed E-state index contributed by atoms with van der Waals surface area (Å²) in [7, 11) is 0. The molecule has 0 fully saturated rings. The Hall–Kier alpha value is -1.74. The van der Waals surface area contributed by atoms with Crippen LogP contribution in [0, 0.1) is 0 Å². The fraction of sp³-hybridized carbons (Fsp3) is 0.154. The lowest BCUT2D eigenvalue weighted by molar-refractivity contribution is 0.976. The van der Waals surface area contributed by atoms with E-state index >= 15 is 0 Å². The number of pyridine rings is 1. The highest BCUT2D eigenvalue weighted by atomic mass is 35.5. The fourth-order valence-electron chi connectivity index (χ4n) is 2.21. The Balaban J connectivity index is 2.10. The van der Waals surface area contributed by atoms with Gasteiger partial charge in [0.25, 0.3) is 0 Å². The van der Waals surface area contributed by atoms with Crippen LogP contribution in [0.1, 0.15) is 5.56 Å². The Bertz CT molecular complexity index is 568. The molecule has 0 unspecified atom stereocenters. The van der Waals surface area contributed by atoms with Crippen LogP contribution in [-0.2, 0) is 6.42 Å². The Kier molecular flexibility index (Phi) is 2.41. The summed E-state index contributed by atoms with van der Waals surface area (Å²) >= 11 is 5.93. The van der Waals surface area contributed by atoms with Gasteiger partial charge in [-0.15, -0.1) is 0 Å². The molecule has 0 radical (unpaired) electrons. The first kappa shape index (κ1) is 10.4. The van der Waals surface area contributed by atoms with Crippen LogP contribution >= 0.6 is 11.6 Å². The Labute approximate surface area is 105 Å².